The van der Waals surface area contributed by atoms with Crippen molar-refractivity contribution < 1.29 is 13.9 Å². The molecule has 29 heavy (non-hydrogen) atoms. The van der Waals surface area contributed by atoms with E-state index in [2.05, 4.69) is 32.4 Å². The number of methoxy groups -OCH3 is 2. The quantitative estimate of drug-likeness (QED) is 0.595. The summed E-state index contributed by atoms with van der Waals surface area (Å²) in [7, 11) is 5.48. The molecule has 0 unspecified atom stereocenters. The molecular weight excluding hydrogens is 372 g/mol. The maximum absolute atomic E-state index is 5.69. The number of rotatable bonds is 7. The third kappa shape index (κ3) is 4.10. The number of hydrogen-bond acceptors (Lipinski definition) is 8. The Morgan fingerprint density at radius 2 is 1.93 bits per heavy atom. The van der Waals surface area contributed by atoms with Gasteiger partial charge in [-0.1, -0.05) is 0 Å². The molecule has 1 aliphatic heterocycles. The van der Waals surface area contributed by atoms with Gasteiger partial charge in [-0.3, -0.25) is 4.90 Å². The van der Waals surface area contributed by atoms with E-state index >= 15 is 0 Å². The number of aromatic nitrogens is 4. The highest BCUT2D eigenvalue weighted by atomic mass is 16.5. The summed E-state index contributed by atoms with van der Waals surface area (Å²) in [6.07, 6.45) is 1.66. The summed E-state index contributed by atoms with van der Waals surface area (Å²) >= 11 is 0. The van der Waals surface area contributed by atoms with Crippen LogP contribution in [0.1, 0.15) is 23.2 Å². The first-order valence-electron chi connectivity index (χ1n) is 9.62. The highest BCUT2D eigenvalue weighted by molar-refractivity contribution is 5.44. The fourth-order valence-corrected chi connectivity index (χ4v) is 3.70. The number of ether oxygens (including phenoxy) is 2. The van der Waals surface area contributed by atoms with Crippen LogP contribution in [0.3, 0.4) is 0 Å². The molecule has 1 fully saturated rings. The summed E-state index contributed by atoms with van der Waals surface area (Å²) < 4.78 is 18.5. The third-order valence-corrected chi connectivity index (χ3v) is 5.32. The van der Waals surface area contributed by atoms with Crippen LogP contribution in [-0.2, 0) is 6.54 Å². The van der Waals surface area contributed by atoms with Crippen LogP contribution in [0.25, 0.3) is 0 Å². The largest absolute Gasteiger partial charge is 0.497 e. The summed E-state index contributed by atoms with van der Waals surface area (Å²) in [5.74, 6) is 3.10. The highest BCUT2D eigenvalue weighted by Crippen LogP contribution is 2.36. The summed E-state index contributed by atoms with van der Waals surface area (Å²) in [6.45, 7) is 4.21. The predicted molar refractivity (Wildman–Crippen MR) is 106 cm³/mol. The summed E-state index contributed by atoms with van der Waals surface area (Å²) in [5, 5.41) is 12.6. The molecule has 0 radical (unpaired) electrons. The van der Waals surface area contributed by atoms with Crippen LogP contribution in [0, 0.1) is 0 Å². The van der Waals surface area contributed by atoms with Gasteiger partial charge in [0.25, 0.3) is 0 Å². The van der Waals surface area contributed by atoms with E-state index in [0.717, 1.165) is 54.8 Å². The van der Waals surface area contributed by atoms with Gasteiger partial charge in [-0.25, -0.2) is 4.68 Å². The number of benzene rings is 1. The Kier molecular flexibility index (Phi) is 5.77. The van der Waals surface area contributed by atoms with Gasteiger partial charge >= 0.3 is 0 Å². The number of nitrogens with zero attached hydrogens (tertiary/aromatic N) is 6. The first-order chi connectivity index (χ1) is 14.2. The minimum absolute atomic E-state index is 0.168. The van der Waals surface area contributed by atoms with Crippen LogP contribution in [-0.4, -0.2) is 77.5 Å². The average Bonchev–Trinajstić information content (AvgIpc) is 3.42. The fourth-order valence-electron chi connectivity index (χ4n) is 3.70. The lowest BCUT2D eigenvalue weighted by Gasteiger charge is -2.37. The molecule has 1 saturated heterocycles. The Bertz CT molecular complexity index is 918. The molecule has 9 heteroatoms. The van der Waals surface area contributed by atoms with Gasteiger partial charge in [-0.15, -0.1) is 5.10 Å². The van der Waals surface area contributed by atoms with E-state index in [4.69, 9.17) is 13.9 Å². The molecule has 0 aliphatic carbocycles. The van der Waals surface area contributed by atoms with Gasteiger partial charge in [0.05, 0.1) is 20.5 Å². The molecule has 1 aromatic carbocycles. The molecule has 4 rings (SSSR count). The van der Waals surface area contributed by atoms with Gasteiger partial charge in [0.15, 0.2) is 5.82 Å². The molecule has 0 bridgehead atoms. The van der Waals surface area contributed by atoms with Crippen molar-refractivity contribution in [2.24, 2.45) is 0 Å². The summed E-state index contributed by atoms with van der Waals surface area (Å²) in [5.41, 5.74) is 0.979. The number of hydrogen-bond donors (Lipinski definition) is 0. The molecule has 0 amide bonds. The Hall–Kier alpha value is -2.91. The van der Waals surface area contributed by atoms with Crippen molar-refractivity contribution in [3.63, 3.8) is 0 Å². The monoisotopic (exact) mass is 398 g/mol. The second-order valence-corrected chi connectivity index (χ2v) is 7.12. The van der Waals surface area contributed by atoms with Gasteiger partial charge < -0.3 is 18.8 Å². The summed E-state index contributed by atoms with van der Waals surface area (Å²) in [6, 6.07) is 9.45. The zero-order valence-electron chi connectivity index (χ0n) is 17.0. The average molecular weight is 398 g/mol. The van der Waals surface area contributed by atoms with E-state index in [0.29, 0.717) is 6.54 Å². The predicted octanol–water partition coefficient (Wildman–Crippen LogP) is 1.67. The minimum Gasteiger partial charge on any atom is -0.497 e. The molecule has 1 atom stereocenters. The zero-order chi connectivity index (χ0) is 20.2. The molecule has 0 spiro atoms. The molecule has 9 nitrogen and oxygen atoms in total. The fraction of sp³-hybridized carbons (Fsp3) is 0.450. The van der Waals surface area contributed by atoms with Crippen LogP contribution in [0.4, 0.5) is 0 Å². The van der Waals surface area contributed by atoms with Gasteiger partial charge in [0.2, 0.25) is 0 Å². The van der Waals surface area contributed by atoms with Gasteiger partial charge in [-0.05, 0) is 47.8 Å². The second-order valence-electron chi connectivity index (χ2n) is 7.12. The Morgan fingerprint density at radius 3 is 2.62 bits per heavy atom. The molecular formula is C20H26N6O3. The highest BCUT2D eigenvalue weighted by Gasteiger charge is 2.32. The molecule has 0 saturated carbocycles. The van der Waals surface area contributed by atoms with Crippen molar-refractivity contribution in [2.75, 3.05) is 47.4 Å². The standard InChI is InChI=1S/C20H26N6O3/c1-24-8-10-25(11-9-24)19(17-13-15(27-2)6-7-18(17)28-3)20-21-22-23-26(20)14-16-5-4-12-29-16/h4-7,12-13,19H,8-11,14H2,1-3H3/t19-/m0/s1. The lowest BCUT2D eigenvalue weighted by atomic mass is 10.0. The molecule has 0 N–H and O–H groups in total. The number of likely N-dealkylation sites (N-methyl/N-ethyl adjacent to an activating group) is 1. The second kappa shape index (κ2) is 8.62. The van der Waals surface area contributed by atoms with Crippen LogP contribution in [0.15, 0.2) is 41.0 Å². The molecule has 1 aliphatic rings. The van der Waals surface area contributed by atoms with E-state index < -0.39 is 0 Å². The zero-order valence-corrected chi connectivity index (χ0v) is 17.0. The first-order valence-corrected chi connectivity index (χ1v) is 9.62. The van der Waals surface area contributed by atoms with E-state index in [1.165, 1.54) is 0 Å². The van der Waals surface area contributed by atoms with Crippen molar-refractivity contribution in [1.82, 2.24) is 30.0 Å². The SMILES string of the molecule is COc1ccc(OC)c([C@@H](c2nnnn2Cc2ccco2)N2CCN(C)CC2)c1. The summed E-state index contributed by atoms with van der Waals surface area (Å²) in [4.78, 5) is 4.71. The molecule has 3 aromatic rings. The molecule has 3 heterocycles. The van der Waals surface area contributed by atoms with Crippen LogP contribution in [0.2, 0.25) is 0 Å². The minimum atomic E-state index is -0.168. The smallest absolute Gasteiger partial charge is 0.173 e. The lowest BCUT2D eigenvalue weighted by Crippen LogP contribution is -2.46. The van der Waals surface area contributed by atoms with E-state index in [-0.39, 0.29) is 6.04 Å². The maximum atomic E-state index is 5.69. The van der Waals surface area contributed by atoms with Crippen LogP contribution in [0.5, 0.6) is 11.5 Å². The van der Waals surface area contributed by atoms with E-state index in [1.807, 2.05) is 30.3 Å². The third-order valence-electron chi connectivity index (χ3n) is 5.32. The normalized spacial score (nSPS) is 16.7. The van der Waals surface area contributed by atoms with Gasteiger partial charge in [0, 0.05) is 31.7 Å². The van der Waals surface area contributed by atoms with E-state index in [9.17, 15) is 0 Å². The molecule has 154 valence electrons. The number of piperazine rings is 1. The number of furan rings is 1. The topological polar surface area (TPSA) is 81.7 Å². The van der Waals surface area contributed by atoms with Crippen LogP contribution < -0.4 is 9.47 Å². The van der Waals surface area contributed by atoms with Gasteiger partial charge in [0.1, 0.15) is 29.8 Å². The van der Waals surface area contributed by atoms with Crippen molar-refractivity contribution >= 4 is 0 Å². The lowest BCUT2D eigenvalue weighted by molar-refractivity contribution is 0.120. The number of tetrazole rings is 1. The van der Waals surface area contributed by atoms with Crippen molar-refractivity contribution in [1.29, 1.82) is 0 Å². The first kappa shape index (κ1) is 19.4. The maximum Gasteiger partial charge on any atom is 0.173 e. The van der Waals surface area contributed by atoms with E-state index in [1.54, 1.807) is 25.2 Å². The van der Waals surface area contributed by atoms with Crippen molar-refractivity contribution in [2.45, 2.75) is 12.6 Å². The van der Waals surface area contributed by atoms with Gasteiger partial charge in [-0.2, -0.15) is 0 Å². The van der Waals surface area contributed by atoms with Crippen LogP contribution >= 0.6 is 0 Å². The van der Waals surface area contributed by atoms with Crippen molar-refractivity contribution in [3.8, 4) is 11.5 Å². The molecule has 2 aromatic heterocycles. The van der Waals surface area contributed by atoms with Crippen molar-refractivity contribution in [3.05, 3.63) is 53.7 Å². The Morgan fingerprint density at radius 1 is 1.10 bits per heavy atom. The Labute approximate surface area is 169 Å². The Balaban J connectivity index is 1.77.